The summed E-state index contributed by atoms with van der Waals surface area (Å²) in [6.07, 6.45) is 0. The van der Waals surface area contributed by atoms with Gasteiger partial charge in [0.15, 0.2) is 7.28 Å². The van der Waals surface area contributed by atoms with E-state index < -0.39 is 7.12 Å². The Kier molecular flexibility index (Phi) is 6.05. The van der Waals surface area contributed by atoms with Gasteiger partial charge in [0, 0.05) is 18.7 Å². The Labute approximate surface area is 128 Å². The van der Waals surface area contributed by atoms with Gasteiger partial charge < -0.3 is 14.9 Å². The third-order valence-electron chi connectivity index (χ3n) is 3.35. The SMILES string of the molecule is CCN(CC)C(=O)c1cc(BC(C)(C)C)cc(B(O)O)c1. The second kappa shape index (κ2) is 7.14. The molecule has 0 saturated heterocycles. The third kappa shape index (κ3) is 5.21. The van der Waals surface area contributed by atoms with Gasteiger partial charge in [-0.05, 0) is 25.4 Å². The van der Waals surface area contributed by atoms with Crippen LogP contribution in [-0.2, 0) is 0 Å². The Morgan fingerprint density at radius 1 is 1.19 bits per heavy atom. The first-order valence-electron chi connectivity index (χ1n) is 7.47. The summed E-state index contributed by atoms with van der Waals surface area (Å²) in [7, 11) is -0.792. The van der Waals surface area contributed by atoms with E-state index in [1.54, 1.807) is 17.0 Å². The monoisotopic (exact) mass is 289 g/mol. The van der Waals surface area contributed by atoms with Crippen molar-refractivity contribution in [3.8, 4) is 0 Å². The Hall–Kier alpha value is -1.26. The molecule has 0 aliphatic carbocycles. The van der Waals surface area contributed by atoms with Crippen molar-refractivity contribution < 1.29 is 14.8 Å². The maximum absolute atomic E-state index is 12.5. The lowest BCUT2D eigenvalue weighted by molar-refractivity contribution is 0.0773. The molecule has 0 aliphatic heterocycles. The van der Waals surface area contributed by atoms with E-state index >= 15 is 0 Å². The lowest BCUT2D eigenvalue weighted by Gasteiger charge is -2.21. The van der Waals surface area contributed by atoms with Crippen LogP contribution in [0.5, 0.6) is 0 Å². The highest BCUT2D eigenvalue weighted by atomic mass is 16.4. The minimum Gasteiger partial charge on any atom is -0.423 e. The predicted molar refractivity (Wildman–Crippen MR) is 90.0 cm³/mol. The second-order valence-corrected chi connectivity index (χ2v) is 6.55. The number of benzene rings is 1. The average Bonchev–Trinajstić information content (AvgIpc) is 2.37. The molecule has 2 N–H and O–H groups in total. The van der Waals surface area contributed by atoms with Gasteiger partial charge in [-0.3, -0.25) is 4.79 Å². The second-order valence-electron chi connectivity index (χ2n) is 6.55. The molecule has 1 aromatic rings. The van der Waals surface area contributed by atoms with Gasteiger partial charge >= 0.3 is 7.12 Å². The van der Waals surface area contributed by atoms with Crippen LogP contribution >= 0.6 is 0 Å². The van der Waals surface area contributed by atoms with Crippen LogP contribution in [0.25, 0.3) is 0 Å². The molecule has 0 saturated carbocycles. The fourth-order valence-electron chi connectivity index (χ4n) is 2.40. The van der Waals surface area contributed by atoms with Crippen LogP contribution in [-0.4, -0.2) is 48.3 Å². The van der Waals surface area contributed by atoms with E-state index in [9.17, 15) is 14.8 Å². The van der Waals surface area contributed by atoms with Gasteiger partial charge in [-0.2, -0.15) is 0 Å². The van der Waals surface area contributed by atoms with Crippen molar-refractivity contribution in [3.05, 3.63) is 23.8 Å². The third-order valence-corrected chi connectivity index (χ3v) is 3.35. The normalized spacial score (nSPS) is 11.2. The Bertz CT molecular complexity index is 494. The van der Waals surface area contributed by atoms with E-state index in [4.69, 9.17) is 0 Å². The molecule has 0 aromatic heterocycles. The minimum atomic E-state index is -1.56. The smallest absolute Gasteiger partial charge is 0.423 e. The largest absolute Gasteiger partial charge is 0.488 e. The number of nitrogens with zero attached hydrogens (tertiary/aromatic N) is 1. The molecule has 0 atom stereocenters. The predicted octanol–water partition coefficient (Wildman–Crippen LogP) is 0.129. The molecule has 1 rings (SSSR count). The summed E-state index contributed by atoms with van der Waals surface area (Å²) in [5.41, 5.74) is 1.83. The molecule has 4 nitrogen and oxygen atoms in total. The number of carbonyl (C=O) groups excluding carboxylic acids is 1. The van der Waals surface area contributed by atoms with E-state index in [-0.39, 0.29) is 11.2 Å². The van der Waals surface area contributed by atoms with Crippen molar-refractivity contribution in [2.45, 2.75) is 39.9 Å². The Morgan fingerprint density at radius 2 is 1.76 bits per heavy atom. The quantitative estimate of drug-likeness (QED) is 0.757. The van der Waals surface area contributed by atoms with Gasteiger partial charge in [0.25, 0.3) is 5.91 Å². The Balaban J connectivity index is 3.22. The van der Waals surface area contributed by atoms with Crippen molar-refractivity contribution in [1.29, 1.82) is 0 Å². The molecular formula is C15H25B2NO3. The summed E-state index contributed by atoms with van der Waals surface area (Å²) in [4.78, 5) is 14.2. The molecule has 0 aliphatic rings. The first kappa shape index (κ1) is 17.8. The molecule has 0 bridgehead atoms. The van der Waals surface area contributed by atoms with Crippen molar-refractivity contribution in [1.82, 2.24) is 4.90 Å². The van der Waals surface area contributed by atoms with Gasteiger partial charge in [-0.1, -0.05) is 43.7 Å². The van der Waals surface area contributed by atoms with E-state index in [1.165, 1.54) is 0 Å². The van der Waals surface area contributed by atoms with Gasteiger partial charge in [0.2, 0.25) is 0 Å². The van der Waals surface area contributed by atoms with Crippen molar-refractivity contribution in [3.63, 3.8) is 0 Å². The number of hydrogen-bond acceptors (Lipinski definition) is 3. The van der Waals surface area contributed by atoms with Crippen LogP contribution in [0, 0.1) is 0 Å². The van der Waals surface area contributed by atoms with E-state index in [0.29, 0.717) is 24.1 Å². The van der Waals surface area contributed by atoms with Gasteiger partial charge in [-0.15, -0.1) is 0 Å². The zero-order valence-corrected chi connectivity index (χ0v) is 13.7. The average molecular weight is 289 g/mol. The molecule has 21 heavy (non-hydrogen) atoms. The summed E-state index contributed by atoms with van der Waals surface area (Å²) in [6, 6.07) is 5.18. The molecule has 0 spiro atoms. The van der Waals surface area contributed by atoms with Crippen LogP contribution in [0.15, 0.2) is 18.2 Å². The molecule has 0 fully saturated rings. The van der Waals surface area contributed by atoms with Crippen LogP contribution < -0.4 is 10.9 Å². The van der Waals surface area contributed by atoms with Gasteiger partial charge in [-0.25, -0.2) is 0 Å². The summed E-state index contributed by atoms with van der Waals surface area (Å²) < 4.78 is 0. The van der Waals surface area contributed by atoms with Crippen LogP contribution in [0.4, 0.5) is 0 Å². The summed E-state index contributed by atoms with van der Waals surface area (Å²) in [5.74, 6) is -0.0716. The zero-order valence-electron chi connectivity index (χ0n) is 13.7. The van der Waals surface area contributed by atoms with Crippen LogP contribution in [0.3, 0.4) is 0 Å². The number of rotatable bonds is 5. The van der Waals surface area contributed by atoms with Crippen molar-refractivity contribution in [2.75, 3.05) is 13.1 Å². The van der Waals surface area contributed by atoms with Crippen molar-refractivity contribution in [2.24, 2.45) is 0 Å². The number of hydrogen-bond donors (Lipinski definition) is 2. The first-order valence-corrected chi connectivity index (χ1v) is 7.47. The topological polar surface area (TPSA) is 60.8 Å². The summed E-state index contributed by atoms with van der Waals surface area (Å²) in [5, 5.41) is 18.9. The molecular weight excluding hydrogens is 264 g/mol. The van der Waals surface area contributed by atoms with Crippen molar-refractivity contribution >= 4 is 31.2 Å². The molecule has 1 amide bonds. The Morgan fingerprint density at radius 3 is 2.19 bits per heavy atom. The minimum absolute atomic E-state index is 0.0640. The summed E-state index contributed by atoms with van der Waals surface area (Å²) >= 11 is 0. The lowest BCUT2D eigenvalue weighted by Crippen LogP contribution is -2.38. The number of amides is 1. The number of carbonyl (C=O) groups is 1. The molecule has 0 radical (unpaired) electrons. The van der Waals surface area contributed by atoms with Gasteiger partial charge in [0.1, 0.15) is 0 Å². The molecule has 1 aromatic carbocycles. The first-order chi connectivity index (χ1) is 9.67. The molecule has 6 heteroatoms. The molecule has 0 heterocycles. The highest BCUT2D eigenvalue weighted by Gasteiger charge is 2.21. The van der Waals surface area contributed by atoms with E-state index in [2.05, 4.69) is 20.8 Å². The molecule has 0 unspecified atom stereocenters. The standard InChI is InChI=1S/C15H25B2NO3/c1-6-18(7-2)14(19)11-8-12(16-15(3,4)5)10-13(9-11)17(20)21/h8-10,16,20-21H,6-7H2,1-5H3. The molecule has 114 valence electrons. The zero-order chi connectivity index (χ0) is 16.2. The van der Waals surface area contributed by atoms with Crippen LogP contribution in [0.1, 0.15) is 45.0 Å². The van der Waals surface area contributed by atoms with Gasteiger partial charge in [0.05, 0.1) is 0 Å². The highest BCUT2D eigenvalue weighted by Crippen LogP contribution is 2.19. The van der Waals surface area contributed by atoms with Crippen LogP contribution in [0.2, 0.25) is 5.31 Å². The fraction of sp³-hybridized carbons (Fsp3) is 0.533. The van der Waals surface area contributed by atoms with E-state index in [1.807, 2.05) is 19.9 Å². The fourth-order valence-corrected chi connectivity index (χ4v) is 2.40. The van der Waals surface area contributed by atoms with E-state index in [0.717, 1.165) is 12.7 Å². The highest BCUT2D eigenvalue weighted by molar-refractivity contribution is 6.61. The summed E-state index contributed by atoms with van der Waals surface area (Å²) in [6.45, 7) is 11.5. The maximum Gasteiger partial charge on any atom is 0.488 e. The maximum atomic E-state index is 12.5. The lowest BCUT2D eigenvalue weighted by atomic mass is 9.50.